The van der Waals surface area contributed by atoms with Gasteiger partial charge in [0, 0.05) is 17.6 Å². The van der Waals surface area contributed by atoms with Crippen molar-refractivity contribution in [3.8, 4) is 0 Å². The molecule has 3 aromatic rings. The minimum atomic E-state index is 0.0389. The Kier molecular flexibility index (Phi) is 19.6. The Bertz CT molecular complexity index is 1570. The van der Waals surface area contributed by atoms with Gasteiger partial charge < -0.3 is 10.4 Å². The van der Waals surface area contributed by atoms with E-state index < -0.39 is 0 Å². The minimum absolute atomic E-state index is 0.0389. The van der Waals surface area contributed by atoms with Crippen LogP contribution in [0.1, 0.15) is 160 Å². The fraction of sp³-hybridized carbons (Fsp3) is 0.565. The maximum atomic E-state index is 12.3. The molecule has 4 rings (SSSR count). The molecule has 0 spiro atoms. The number of aromatic nitrogens is 1. The Balaban J connectivity index is 0.000000294. The van der Waals surface area contributed by atoms with E-state index in [-0.39, 0.29) is 5.91 Å². The van der Waals surface area contributed by atoms with Gasteiger partial charge in [0.2, 0.25) is 0 Å². The van der Waals surface area contributed by atoms with Crippen LogP contribution in [0.2, 0.25) is 0 Å². The van der Waals surface area contributed by atoms with Crippen LogP contribution in [0.4, 0.5) is 0 Å². The Labute approximate surface area is 316 Å². The van der Waals surface area contributed by atoms with E-state index in [2.05, 4.69) is 92.8 Å². The number of thiophene rings is 1. The summed E-state index contributed by atoms with van der Waals surface area (Å²) in [6, 6.07) is 14.6. The van der Waals surface area contributed by atoms with Gasteiger partial charge in [-0.25, -0.2) is 4.98 Å². The molecule has 51 heavy (non-hydrogen) atoms. The van der Waals surface area contributed by atoms with Crippen LogP contribution in [-0.2, 0) is 12.8 Å². The van der Waals surface area contributed by atoms with Gasteiger partial charge in [-0.3, -0.25) is 4.79 Å². The van der Waals surface area contributed by atoms with Crippen molar-refractivity contribution in [1.82, 2.24) is 10.3 Å². The van der Waals surface area contributed by atoms with Crippen molar-refractivity contribution in [3.63, 3.8) is 0 Å². The van der Waals surface area contributed by atoms with Crippen molar-refractivity contribution in [2.45, 2.75) is 147 Å². The number of carbonyl (C=O) groups excluding carboxylic acids is 1. The van der Waals surface area contributed by atoms with Gasteiger partial charge in [-0.1, -0.05) is 136 Å². The Morgan fingerprint density at radius 1 is 0.980 bits per heavy atom. The lowest BCUT2D eigenvalue weighted by Crippen LogP contribution is -2.27. The average molecular weight is 715 g/mol. The van der Waals surface area contributed by atoms with Crippen molar-refractivity contribution in [2.75, 3.05) is 6.54 Å². The summed E-state index contributed by atoms with van der Waals surface area (Å²) in [5.41, 5.74) is 7.96. The molecule has 1 aliphatic rings. The fourth-order valence-electron chi connectivity index (χ4n) is 6.17. The molecule has 0 radical (unpaired) electrons. The molecule has 1 aromatic carbocycles. The van der Waals surface area contributed by atoms with Crippen LogP contribution in [-0.4, -0.2) is 22.5 Å². The molecule has 1 aliphatic carbocycles. The minimum Gasteiger partial charge on any atom is -0.513 e. The number of unbranched alkanes of at least 4 members (excludes halogenated alkanes) is 4. The van der Waals surface area contributed by atoms with Gasteiger partial charge >= 0.3 is 0 Å². The average Bonchev–Trinajstić information content (AvgIpc) is 3.52. The number of aliphatic hydroxyl groups excluding tert-OH is 1. The number of allylic oxidation sites excluding steroid dienone is 6. The summed E-state index contributed by atoms with van der Waals surface area (Å²) in [4.78, 5) is 18.9. The van der Waals surface area contributed by atoms with Crippen LogP contribution in [0.15, 0.2) is 71.5 Å². The first-order valence-corrected chi connectivity index (χ1v) is 20.5. The summed E-state index contributed by atoms with van der Waals surface area (Å²) in [6.45, 7) is 24.9. The summed E-state index contributed by atoms with van der Waals surface area (Å²) in [5.74, 6) is 1.98. The van der Waals surface area contributed by atoms with Crippen LogP contribution in [0.5, 0.6) is 0 Å². The summed E-state index contributed by atoms with van der Waals surface area (Å²) in [7, 11) is 0. The number of pyridine rings is 1. The monoisotopic (exact) mass is 715 g/mol. The Hall–Kier alpha value is -3.18. The number of hydrogen-bond donors (Lipinski definition) is 2. The number of fused-ring (bicyclic) bond motifs is 2. The van der Waals surface area contributed by atoms with Crippen molar-refractivity contribution in [2.24, 2.45) is 17.3 Å². The molecule has 1 amide bonds. The molecule has 2 aromatic heterocycles. The summed E-state index contributed by atoms with van der Waals surface area (Å²) >= 11 is 1.52. The SMILES string of the molecule is CCC(C)=C(C)/C(=C\C=C(/C)O)c1ccccc1.CCCCCCC(C)C.CCCCNC(=O)c1cc2cc3c(nc2s1)CCC(C(C)(C)C)C3. The van der Waals surface area contributed by atoms with Gasteiger partial charge in [-0.05, 0) is 111 Å². The molecule has 2 heterocycles. The van der Waals surface area contributed by atoms with E-state index in [0.717, 1.165) is 59.7 Å². The lowest BCUT2D eigenvalue weighted by molar-refractivity contribution is 0.0957. The molecule has 0 saturated carbocycles. The van der Waals surface area contributed by atoms with Gasteiger partial charge in [0.05, 0.1) is 10.6 Å². The van der Waals surface area contributed by atoms with Crippen LogP contribution in [0, 0.1) is 17.3 Å². The molecule has 4 nitrogen and oxygen atoms in total. The number of rotatable bonds is 13. The summed E-state index contributed by atoms with van der Waals surface area (Å²) in [6.07, 6.45) is 17.3. The number of benzene rings is 1. The third-order valence-corrected chi connectivity index (χ3v) is 11.0. The van der Waals surface area contributed by atoms with Crippen molar-refractivity contribution < 1.29 is 9.90 Å². The predicted octanol–water partition coefficient (Wildman–Crippen LogP) is 13.9. The first-order valence-electron chi connectivity index (χ1n) is 19.7. The van der Waals surface area contributed by atoms with E-state index in [9.17, 15) is 9.90 Å². The van der Waals surface area contributed by atoms with E-state index in [0.29, 0.717) is 17.1 Å². The largest absolute Gasteiger partial charge is 0.513 e. The maximum Gasteiger partial charge on any atom is 0.261 e. The highest BCUT2D eigenvalue weighted by Crippen LogP contribution is 2.38. The molecule has 1 atom stereocenters. The number of nitrogens with one attached hydrogen (secondary N) is 1. The quantitative estimate of drug-likeness (QED) is 0.105. The lowest BCUT2D eigenvalue weighted by atomic mass is 9.71. The second-order valence-corrected chi connectivity index (χ2v) is 16.8. The predicted molar refractivity (Wildman–Crippen MR) is 225 cm³/mol. The van der Waals surface area contributed by atoms with Gasteiger partial charge in [0.15, 0.2) is 0 Å². The molecular weight excluding hydrogens is 645 g/mol. The third-order valence-electron chi connectivity index (χ3n) is 9.92. The topological polar surface area (TPSA) is 62.2 Å². The maximum absolute atomic E-state index is 12.3. The number of aryl methyl sites for hydroxylation is 1. The normalized spacial score (nSPS) is 15.3. The standard InChI is InChI=1S/C20H28N2OS.C17H22O.C9H20/c1-5-6-9-21-18(23)17-12-14-10-13-11-15(20(2,3)4)7-8-16(13)22-19(14)24-17;1-5-13(2)15(4)17(12-11-14(3)18)16-9-7-6-8-10-16;1-4-5-6-7-8-9(2)3/h10,12,15H,5-9,11H2,1-4H3,(H,21,23);6-12,18H,5H2,1-4H3;9H,4-8H2,1-3H3/b;14-11+,15-13?,17-12+;. The van der Waals surface area contributed by atoms with E-state index in [4.69, 9.17) is 4.98 Å². The second-order valence-electron chi connectivity index (χ2n) is 15.8. The number of aliphatic hydroxyl groups is 1. The molecule has 1 unspecified atom stereocenters. The fourth-order valence-corrected chi connectivity index (χ4v) is 7.12. The third kappa shape index (κ3) is 15.5. The number of carbonyl (C=O) groups is 1. The van der Waals surface area contributed by atoms with Crippen LogP contribution < -0.4 is 5.32 Å². The molecule has 0 saturated heterocycles. The van der Waals surface area contributed by atoms with Crippen molar-refractivity contribution in [3.05, 3.63) is 93.2 Å². The Morgan fingerprint density at radius 2 is 1.67 bits per heavy atom. The molecule has 0 bridgehead atoms. The Morgan fingerprint density at radius 3 is 2.25 bits per heavy atom. The highest BCUT2D eigenvalue weighted by atomic mass is 32.1. The first-order chi connectivity index (χ1) is 24.2. The van der Waals surface area contributed by atoms with Crippen molar-refractivity contribution in [1.29, 1.82) is 0 Å². The van der Waals surface area contributed by atoms with E-state index in [1.54, 1.807) is 13.0 Å². The van der Waals surface area contributed by atoms with Gasteiger partial charge in [-0.15, -0.1) is 11.3 Å². The second kappa shape index (κ2) is 22.7. The summed E-state index contributed by atoms with van der Waals surface area (Å²) < 4.78 is 0. The van der Waals surface area contributed by atoms with Crippen LogP contribution >= 0.6 is 11.3 Å². The van der Waals surface area contributed by atoms with Gasteiger partial charge in [0.25, 0.3) is 5.91 Å². The molecule has 0 aliphatic heterocycles. The van der Waals surface area contributed by atoms with E-state index in [1.807, 2.05) is 30.3 Å². The molecular formula is C46H70N2O2S. The molecule has 282 valence electrons. The van der Waals surface area contributed by atoms with Gasteiger partial charge in [0.1, 0.15) is 4.83 Å². The number of hydrogen-bond acceptors (Lipinski definition) is 4. The zero-order valence-corrected chi connectivity index (χ0v) is 34.9. The first kappa shape index (κ1) is 44.0. The number of nitrogens with zero attached hydrogens (tertiary/aromatic N) is 1. The highest BCUT2D eigenvalue weighted by molar-refractivity contribution is 7.20. The van der Waals surface area contributed by atoms with Crippen LogP contribution in [0.25, 0.3) is 15.8 Å². The van der Waals surface area contributed by atoms with Crippen molar-refractivity contribution >= 4 is 33.0 Å². The van der Waals surface area contributed by atoms with Crippen LogP contribution in [0.3, 0.4) is 0 Å². The number of amides is 1. The zero-order valence-electron chi connectivity index (χ0n) is 34.0. The molecule has 0 fully saturated rings. The highest BCUT2D eigenvalue weighted by Gasteiger charge is 2.29. The zero-order chi connectivity index (χ0) is 38.0. The lowest BCUT2D eigenvalue weighted by Gasteiger charge is -2.34. The summed E-state index contributed by atoms with van der Waals surface area (Å²) in [5, 5.41) is 13.4. The van der Waals surface area contributed by atoms with E-state index >= 15 is 0 Å². The van der Waals surface area contributed by atoms with E-state index in [1.165, 1.54) is 83.4 Å². The smallest absolute Gasteiger partial charge is 0.261 e. The van der Waals surface area contributed by atoms with Gasteiger partial charge in [-0.2, -0.15) is 0 Å². The molecule has 5 heteroatoms. The molecule has 2 N–H and O–H groups in total.